The maximum Gasteiger partial charge on any atom is 0.315 e. The molecule has 0 saturated heterocycles. The van der Waals surface area contributed by atoms with E-state index in [-0.39, 0.29) is 11.8 Å². The Kier molecular flexibility index (Phi) is 20.5. The second kappa shape index (κ2) is 23.0. The first kappa shape index (κ1) is 30.3. The van der Waals surface area contributed by atoms with Crippen LogP contribution < -0.4 is 10.6 Å². The highest BCUT2D eigenvalue weighted by Gasteiger charge is 2.00. The van der Waals surface area contributed by atoms with Crippen LogP contribution in [-0.4, -0.2) is 30.9 Å². The molecule has 5 heteroatoms. The third kappa shape index (κ3) is 19.7. The van der Waals surface area contributed by atoms with E-state index in [1.807, 2.05) is 12.1 Å². The number of rotatable bonds is 23. The van der Waals surface area contributed by atoms with Crippen molar-refractivity contribution >= 4 is 6.03 Å². The molecule has 0 heterocycles. The van der Waals surface area contributed by atoms with Gasteiger partial charge in [0.2, 0.25) is 0 Å². The van der Waals surface area contributed by atoms with Crippen molar-refractivity contribution in [1.29, 1.82) is 0 Å². The molecule has 0 saturated carbocycles. The molecule has 0 bridgehead atoms. The lowest BCUT2D eigenvalue weighted by Gasteiger charge is -2.08. The first-order valence-corrected chi connectivity index (χ1v) is 14.1. The third-order valence-corrected chi connectivity index (χ3v) is 6.28. The van der Waals surface area contributed by atoms with Crippen molar-refractivity contribution in [1.82, 2.24) is 10.6 Å². The summed E-state index contributed by atoms with van der Waals surface area (Å²) >= 11 is 0. The number of amides is 2. The topological polar surface area (TPSA) is 70.6 Å². The fourth-order valence-corrected chi connectivity index (χ4v) is 4.07. The third-order valence-electron chi connectivity index (χ3n) is 6.28. The molecule has 0 unspecified atom stereocenters. The minimum atomic E-state index is -0.130. The Hall–Kier alpha value is -1.75. The number of carbonyl (C=O) groups is 1. The molecule has 1 aromatic carbocycles. The summed E-state index contributed by atoms with van der Waals surface area (Å²) in [6.45, 7) is 5.35. The van der Waals surface area contributed by atoms with E-state index >= 15 is 0 Å². The standard InChI is InChI=1S/C29H52N2O3/c1-2-3-4-5-6-11-14-17-24-34-25-18-15-12-9-7-8-10-13-16-23-30-29(33)31-26-27-19-21-28(32)22-20-27/h19-22,32H,2-18,23-26H2,1H3,(H2,30,31,33). The maximum absolute atomic E-state index is 11.8. The molecule has 0 aromatic heterocycles. The SMILES string of the molecule is CCCCCCCCCCOCCCCCCCCCCCNC(=O)NCc1ccc(O)cc1. The zero-order chi connectivity index (χ0) is 24.5. The van der Waals surface area contributed by atoms with E-state index in [0.29, 0.717) is 6.54 Å². The Morgan fingerprint density at radius 2 is 1.15 bits per heavy atom. The average Bonchev–Trinajstić information content (AvgIpc) is 2.84. The van der Waals surface area contributed by atoms with Gasteiger partial charge < -0.3 is 20.5 Å². The predicted octanol–water partition coefficient (Wildman–Crippen LogP) is 7.86. The molecule has 0 radical (unpaired) electrons. The minimum absolute atomic E-state index is 0.130. The van der Waals surface area contributed by atoms with Gasteiger partial charge in [0.15, 0.2) is 0 Å². The molecule has 196 valence electrons. The number of benzene rings is 1. The lowest BCUT2D eigenvalue weighted by Crippen LogP contribution is -2.35. The van der Waals surface area contributed by atoms with Crippen LogP contribution in [0.5, 0.6) is 5.75 Å². The number of hydrogen-bond acceptors (Lipinski definition) is 3. The molecule has 3 N–H and O–H groups in total. The molecule has 0 aliphatic rings. The molecule has 0 atom stereocenters. The van der Waals surface area contributed by atoms with Crippen molar-refractivity contribution in [3.8, 4) is 5.75 Å². The lowest BCUT2D eigenvalue weighted by atomic mass is 10.1. The Labute approximate surface area is 209 Å². The number of nitrogens with one attached hydrogen (secondary N) is 2. The first-order chi connectivity index (χ1) is 16.7. The number of unbranched alkanes of at least 4 members (excludes halogenated alkanes) is 15. The number of aromatic hydroxyl groups is 1. The number of carbonyl (C=O) groups excluding carboxylic acids is 1. The predicted molar refractivity (Wildman–Crippen MR) is 143 cm³/mol. The Morgan fingerprint density at radius 3 is 1.68 bits per heavy atom. The van der Waals surface area contributed by atoms with Crippen LogP contribution in [0.25, 0.3) is 0 Å². The molecule has 1 aromatic rings. The van der Waals surface area contributed by atoms with E-state index in [9.17, 15) is 9.90 Å². The van der Waals surface area contributed by atoms with Gasteiger partial charge in [0.1, 0.15) is 5.75 Å². The summed E-state index contributed by atoms with van der Waals surface area (Å²) in [7, 11) is 0. The number of phenols is 1. The molecule has 0 aliphatic carbocycles. The summed E-state index contributed by atoms with van der Waals surface area (Å²) in [4.78, 5) is 11.8. The second-order valence-corrected chi connectivity index (χ2v) is 9.55. The molecule has 0 fully saturated rings. The highest BCUT2D eigenvalue weighted by Crippen LogP contribution is 2.11. The highest BCUT2D eigenvalue weighted by atomic mass is 16.5. The zero-order valence-corrected chi connectivity index (χ0v) is 21.9. The summed E-state index contributed by atoms with van der Waals surface area (Å²) < 4.78 is 5.78. The number of phenolic OH excluding ortho intramolecular Hbond substituents is 1. The van der Waals surface area contributed by atoms with Crippen molar-refractivity contribution < 1.29 is 14.6 Å². The first-order valence-electron chi connectivity index (χ1n) is 14.1. The molecule has 5 nitrogen and oxygen atoms in total. The smallest absolute Gasteiger partial charge is 0.315 e. The molecule has 0 spiro atoms. The fraction of sp³-hybridized carbons (Fsp3) is 0.759. The largest absolute Gasteiger partial charge is 0.508 e. The minimum Gasteiger partial charge on any atom is -0.508 e. The van der Waals surface area contributed by atoms with Crippen molar-refractivity contribution in [2.24, 2.45) is 0 Å². The number of ether oxygens (including phenoxy) is 1. The molecular weight excluding hydrogens is 424 g/mol. The summed E-state index contributed by atoms with van der Waals surface area (Å²) in [6, 6.07) is 6.74. The molecule has 1 rings (SSSR count). The van der Waals surface area contributed by atoms with Gasteiger partial charge in [0.05, 0.1) is 0 Å². The van der Waals surface area contributed by atoms with Gasteiger partial charge >= 0.3 is 6.03 Å². The van der Waals surface area contributed by atoms with Gasteiger partial charge in [-0.15, -0.1) is 0 Å². The highest BCUT2D eigenvalue weighted by molar-refractivity contribution is 5.73. The summed E-state index contributed by atoms with van der Waals surface area (Å²) in [5.74, 6) is 0.238. The van der Waals surface area contributed by atoms with Crippen LogP contribution in [0.2, 0.25) is 0 Å². The lowest BCUT2D eigenvalue weighted by molar-refractivity contribution is 0.125. The maximum atomic E-state index is 11.8. The van der Waals surface area contributed by atoms with E-state index < -0.39 is 0 Å². The quantitative estimate of drug-likeness (QED) is 0.141. The fourth-order valence-electron chi connectivity index (χ4n) is 4.07. The molecular formula is C29H52N2O3. The molecule has 0 aliphatic heterocycles. The van der Waals surface area contributed by atoms with Gasteiger partial charge in [-0.05, 0) is 37.0 Å². The van der Waals surface area contributed by atoms with Gasteiger partial charge in [-0.3, -0.25) is 0 Å². The number of hydrogen-bond donors (Lipinski definition) is 3. The number of urea groups is 1. The van der Waals surface area contributed by atoms with E-state index in [1.54, 1.807) is 12.1 Å². The van der Waals surface area contributed by atoms with Gasteiger partial charge in [-0.1, -0.05) is 109 Å². The summed E-state index contributed by atoms with van der Waals surface area (Å²) in [5.41, 5.74) is 0.972. The second-order valence-electron chi connectivity index (χ2n) is 9.55. The van der Waals surface area contributed by atoms with E-state index in [2.05, 4.69) is 17.6 Å². The van der Waals surface area contributed by atoms with Crippen LogP contribution in [-0.2, 0) is 11.3 Å². The van der Waals surface area contributed by atoms with Gasteiger partial charge in [-0.25, -0.2) is 4.79 Å². The molecule has 2 amide bonds. The van der Waals surface area contributed by atoms with E-state index in [0.717, 1.165) is 31.7 Å². The van der Waals surface area contributed by atoms with Crippen LogP contribution in [0, 0.1) is 0 Å². The molecule has 34 heavy (non-hydrogen) atoms. The average molecular weight is 477 g/mol. The van der Waals surface area contributed by atoms with Gasteiger partial charge in [0, 0.05) is 26.3 Å². The normalized spacial score (nSPS) is 11.0. The van der Waals surface area contributed by atoms with Crippen LogP contribution in [0.4, 0.5) is 4.79 Å². The van der Waals surface area contributed by atoms with Crippen molar-refractivity contribution in [3.05, 3.63) is 29.8 Å². The van der Waals surface area contributed by atoms with E-state index in [1.165, 1.54) is 103 Å². The van der Waals surface area contributed by atoms with Crippen LogP contribution in [0.3, 0.4) is 0 Å². The van der Waals surface area contributed by atoms with Crippen LogP contribution in [0.1, 0.15) is 122 Å². The Bertz CT molecular complexity index is 577. The van der Waals surface area contributed by atoms with Crippen molar-refractivity contribution in [3.63, 3.8) is 0 Å². The van der Waals surface area contributed by atoms with Gasteiger partial charge in [-0.2, -0.15) is 0 Å². The van der Waals surface area contributed by atoms with Crippen molar-refractivity contribution in [2.75, 3.05) is 19.8 Å². The summed E-state index contributed by atoms with van der Waals surface area (Å²) in [6.07, 6.45) is 22.1. The van der Waals surface area contributed by atoms with Crippen molar-refractivity contribution in [2.45, 2.75) is 123 Å². The Balaban J connectivity index is 1.72. The van der Waals surface area contributed by atoms with E-state index in [4.69, 9.17) is 4.74 Å². The van der Waals surface area contributed by atoms with Crippen LogP contribution in [0.15, 0.2) is 24.3 Å². The zero-order valence-electron chi connectivity index (χ0n) is 21.9. The summed E-state index contributed by atoms with van der Waals surface area (Å²) in [5, 5.41) is 15.0. The monoisotopic (exact) mass is 476 g/mol. The van der Waals surface area contributed by atoms with Gasteiger partial charge in [0.25, 0.3) is 0 Å². The van der Waals surface area contributed by atoms with Crippen LogP contribution >= 0.6 is 0 Å². The Morgan fingerprint density at radius 1 is 0.676 bits per heavy atom.